The Hall–Kier alpha value is -3.06. The molecule has 0 spiro atoms. The molecule has 0 aliphatic heterocycles. The summed E-state index contributed by atoms with van der Waals surface area (Å²) in [4.78, 5) is 8.98. The number of hydrogen-bond donors (Lipinski definition) is 1. The molecule has 0 unspecified atom stereocenters. The Kier molecular flexibility index (Phi) is 4.45. The van der Waals surface area contributed by atoms with Crippen LogP contribution < -0.4 is 0 Å². The Bertz CT molecular complexity index is 1200. The van der Waals surface area contributed by atoms with Crippen LogP contribution in [-0.4, -0.2) is 38.5 Å². The summed E-state index contributed by atoms with van der Waals surface area (Å²) in [6.45, 7) is 0. The molecule has 4 nitrogen and oxygen atoms in total. The van der Waals surface area contributed by atoms with Gasteiger partial charge in [0.15, 0.2) is 0 Å². The number of aromatic nitrogens is 3. The van der Waals surface area contributed by atoms with Crippen molar-refractivity contribution < 1.29 is 5.11 Å². The number of aromatic hydroxyl groups is 1. The van der Waals surface area contributed by atoms with Crippen molar-refractivity contribution >= 4 is 40.8 Å². The fourth-order valence-corrected chi connectivity index (χ4v) is 3.45. The van der Waals surface area contributed by atoms with Crippen LogP contribution in [0.1, 0.15) is 0 Å². The first-order chi connectivity index (χ1) is 12.8. The molecule has 0 aliphatic carbocycles. The van der Waals surface area contributed by atoms with Gasteiger partial charge in [0.1, 0.15) is 11.4 Å². The molecule has 27 heavy (non-hydrogen) atoms. The molecule has 0 fully saturated rings. The first-order valence-electron chi connectivity index (χ1n) is 8.42. The van der Waals surface area contributed by atoms with Crippen molar-refractivity contribution in [1.82, 2.24) is 14.5 Å². The Morgan fingerprint density at radius 2 is 1.52 bits per heavy atom. The molecular weight excluding hydrogens is 329 g/mol. The van der Waals surface area contributed by atoms with Gasteiger partial charge in [-0.3, -0.25) is 9.55 Å². The van der Waals surface area contributed by atoms with Crippen LogP contribution in [0.5, 0.6) is 5.75 Å². The summed E-state index contributed by atoms with van der Waals surface area (Å²) in [5.41, 5.74) is 4.35. The van der Waals surface area contributed by atoms with Gasteiger partial charge in [0.25, 0.3) is 0 Å². The molecule has 5 aromatic rings. The maximum Gasteiger partial charge on any atom is 0.145 e. The van der Waals surface area contributed by atoms with Crippen LogP contribution in [0.15, 0.2) is 85.2 Å². The first-order valence-corrected chi connectivity index (χ1v) is 8.42. The van der Waals surface area contributed by atoms with Gasteiger partial charge in [-0.25, -0.2) is 4.98 Å². The van der Waals surface area contributed by atoms with Crippen LogP contribution in [0.2, 0.25) is 0 Å². The largest absolute Gasteiger partial charge is 0.507 e. The van der Waals surface area contributed by atoms with E-state index in [2.05, 4.69) is 32.7 Å². The number of hydrogen-bond acceptors (Lipinski definition) is 3. The van der Waals surface area contributed by atoms with Gasteiger partial charge in [-0.15, -0.1) is 0 Å². The van der Waals surface area contributed by atoms with Crippen LogP contribution in [0.4, 0.5) is 0 Å². The second-order valence-electron chi connectivity index (χ2n) is 6.14. The minimum absolute atomic E-state index is 0. The average Bonchev–Trinajstić information content (AvgIpc) is 3.04. The Balaban J connectivity index is 0.00000180. The van der Waals surface area contributed by atoms with E-state index in [1.54, 1.807) is 18.5 Å². The topological polar surface area (TPSA) is 50.9 Å². The quantitative estimate of drug-likeness (QED) is 0.478. The molecule has 2 aromatic carbocycles. The fraction of sp³-hybridized carbons (Fsp3) is 0. The van der Waals surface area contributed by atoms with E-state index in [1.807, 2.05) is 48.5 Å². The van der Waals surface area contributed by atoms with Crippen molar-refractivity contribution in [3.05, 3.63) is 85.2 Å². The van der Waals surface area contributed by atoms with E-state index in [0.29, 0.717) is 5.56 Å². The van der Waals surface area contributed by atoms with Crippen molar-refractivity contribution in [3.63, 3.8) is 0 Å². The van der Waals surface area contributed by atoms with Gasteiger partial charge < -0.3 is 5.11 Å². The predicted molar refractivity (Wildman–Crippen MR) is 109 cm³/mol. The monoisotopic (exact) mass is 344 g/mol. The SMILES string of the molecule is Oc1ccc(-n2c3ccccc3c3cccnc32)cc1-c1ccccn1.[Li]. The van der Waals surface area contributed by atoms with Gasteiger partial charge in [0.05, 0.1) is 11.2 Å². The molecule has 125 valence electrons. The normalized spacial score (nSPS) is 10.8. The number of fused-ring (bicyclic) bond motifs is 3. The number of phenols is 1. The van der Waals surface area contributed by atoms with Crippen molar-refractivity contribution in [1.29, 1.82) is 0 Å². The zero-order valence-electron chi connectivity index (χ0n) is 14.9. The molecular formula is C22H15LiN3O. The van der Waals surface area contributed by atoms with Gasteiger partial charge in [-0.05, 0) is 48.5 Å². The maximum atomic E-state index is 10.3. The first kappa shape index (κ1) is 17.4. The second kappa shape index (κ2) is 6.92. The van der Waals surface area contributed by atoms with Crippen molar-refractivity contribution in [2.75, 3.05) is 0 Å². The van der Waals surface area contributed by atoms with Gasteiger partial charge in [0.2, 0.25) is 0 Å². The number of phenolic OH excluding ortho intramolecular Hbond substituents is 1. The third kappa shape index (κ3) is 2.80. The second-order valence-corrected chi connectivity index (χ2v) is 6.14. The van der Waals surface area contributed by atoms with Crippen molar-refractivity contribution in [2.45, 2.75) is 0 Å². The number of rotatable bonds is 2. The summed E-state index contributed by atoms with van der Waals surface area (Å²) in [6, 6.07) is 23.5. The Morgan fingerprint density at radius 3 is 2.37 bits per heavy atom. The summed E-state index contributed by atoms with van der Waals surface area (Å²) < 4.78 is 2.12. The number of pyridine rings is 2. The van der Waals surface area contributed by atoms with E-state index >= 15 is 0 Å². The standard InChI is InChI=1S/C22H15N3O.Li/c26-21-11-10-15(14-18(21)19-8-3-4-12-23-19)25-20-9-2-1-6-16(20)17-7-5-13-24-22(17)25;/h1-14,26H;. The molecule has 0 saturated heterocycles. The van der Waals surface area contributed by atoms with Crippen LogP contribution in [0, 0.1) is 0 Å². The molecule has 5 rings (SSSR count). The van der Waals surface area contributed by atoms with Crippen LogP contribution in [-0.2, 0) is 0 Å². The van der Waals surface area contributed by atoms with Gasteiger partial charge in [-0.1, -0.05) is 24.3 Å². The molecule has 3 aromatic heterocycles. The molecule has 0 saturated carbocycles. The van der Waals surface area contributed by atoms with E-state index < -0.39 is 0 Å². The van der Waals surface area contributed by atoms with E-state index in [1.165, 1.54) is 0 Å². The van der Waals surface area contributed by atoms with Crippen LogP contribution in [0.3, 0.4) is 0 Å². The smallest absolute Gasteiger partial charge is 0.145 e. The molecule has 0 bridgehead atoms. The minimum Gasteiger partial charge on any atom is -0.507 e. The van der Waals surface area contributed by atoms with Gasteiger partial charge in [-0.2, -0.15) is 0 Å². The Morgan fingerprint density at radius 1 is 0.741 bits per heavy atom. The zero-order chi connectivity index (χ0) is 17.5. The zero-order valence-corrected chi connectivity index (χ0v) is 14.9. The van der Waals surface area contributed by atoms with Crippen molar-refractivity contribution in [3.8, 4) is 22.7 Å². The summed E-state index contributed by atoms with van der Waals surface area (Å²) in [6.07, 6.45) is 3.53. The number of nitrogens with zero attached hydrogens (tertiary/aromatic N) is 3. The molecule has 1 radical (unpaired) electrons. The predicted octanol–water partition coefficient (Wildman–Crippen LogP) is 4.57. The van der Waals surface area contributed by atoms with Crippen molar-refractivity contribution in [2.24, 2.45) is 0 Å². The summed E-state index contributed by atoms with van der Waals surface area (Å²) in [7, 11) is 0. The maximum absolute atomic E-state index is 10.3. The minimum atomic E-state index is 0. The van der Waals surface area contributed by atoms with E-state index in [9.17, 15) is 5.11 Å². The molecule has 0 amide bonds. The molecule has 3 heterocycles. The van der Waals surface area contributed by atoms with E-state index in [0.717, 1.165) is 33.3 Å². The number of para-hydroxylation sites is 1. The third-order valence-corrected chi connectivity index (χ3v) is 4.61. The average molecular weight is 344 g/mol. The third-order valence-electron chi connectivity index (χ3n) is 4.61. The fourth-order valence-electron chi connectivity index (χ4n) is 3.45. The van der Waals surface area contributed by atoms with E-state index in [-0.39, 0.29) is 24.6 Å². The van der Waals surface area contributed by atoms with Crippen LogP contribution in [0.25, 0.3) is 38.9 Å². The Labute approximate surface area is 168 Å². The van der Waals surface area contributed by atoms with E-state index in [4.69, 9.17) is 0 Å². The summed E-state index contributed by atoms with van der Waals surface area (Å²) in [5.74, 6) is 0.209. The summed E-state index contributed by atoms with van der Waals surface area (Å²) in [5, 5.41) is 12.6. The van der Waals surface area contributed by atoms with Crippen LogP contribution >= 0.6 is 0 Å². The summed E-state index contributed by atoms with van der Waals surface area (Å²) >= 11 is 0. The van der Waals surface area contributed by atoms with Gasteiger partial charge >= 0.3 is 0 Å². The molecule has 1 N–H and O–H groups in total. The molecule has 0 aliphatic rings. The molecule has 5 heteroatoms. The number of benzene rings is 2. The van der Waals surface area contributed by atoms with Gasteiger partial charge in [0, 0.05) is 53.3 Å². The molecule has 0 atom stereocenters.